The van der Waals surface area contributed by atoms with E-state index >= 15 is 0 Å². The molecule has 0 fully saturated rings. The molecule has 2 nitrogen and oxygen atoms in total. The summed E-state index contributed by atoms with van der Waals surface area (Å²) in [6.45, 7) is 0. The summed E-state index contributed by atoms with van der Waals surface area (Å²) in [6, 6.07) is 48.1. The second kappa shape index (κ2) is 9.33. The highest BCUT2D eigenvalue weighted by atomic mass is 32.1. The van der Waals surface area contributed by atoms with Gasteiger partial charge in [0.2, 0.25) is 0 Å². The van der Waals surface area contributed by atoms with Crippen molar-refractivity contribution >= 4 is 70.1 Å². The second-order valence-corrected chi connectivity index (χ2v) is 11.2. The van der Waals surface area contributed by atoms with Crippen molar-refractivity contribution in [2.75, 3.05) is 4.90 Å². The van der Waals surface area contributed by atoms with E-state index in [0.29, 0.717) is 0 Å². The molecule has 0 aliphatic carbocycles. The van der Waals surface area contributed by atoms with Crippen molar-refractivity contribution in [3.05, 3.63) is 146 Å². The molecule has 8 aromatic rings. The largest absolute Gasteiger partial charge is 0.310 e. The predicted octanol–water partition coefficient (Wildman–Crippen LogP) is 10.9. The number of hydrogen-bond donors (Lipinski definition) is 0. The van der Waals surface area contributed by atoms with Crippen LogP contribution in [0, 0.1) is 0 Å². The van der Waals surface area contributed by atoms with Crippen LogP contribution >= 0.6 is 11.3 Å². The molecule has 2 aromatic heterocycles. The molecule has 0 saturated heterocycles. The molecule has 0 saturated carbocycles. The third-order valence-corrected chi connectivity index (χ3v) is 8.85. The van der Waals surface area contributed by atoms with Crippen molar-refractivity contribution < 1.29 is 0 Å². The van der Waals surface area contributed by atoms with E-state index < -0.39 is 0 Å². The normalized spacial score (nSPS) is 11.5. The van der Waals surface area contributed by atoms with E-state index in [-0.39, 0.29) is 0 Å². The third-order valence-electron chi connectivity index (χ3n) is 7.72. The number of thiophene rings is 1. The molecule has 6 aromatic carbocycles. The molecule has 188 valence electrons. The zero-order valence-electron chi connectivity index (χ0n) is 21.7. The highest BCUT2D eigenvalue weighted by Crippen LogP contribution is 2.43. The lowest BCUT2D eigenvalue weighted by Gasteiger charge is -2.26. The molecule has 3 heteroatoms. The number of para-hydroxylation sites is 1. The van der Waals surface area contributed by atoms with Gasteiger partial charge in [-0.3, -0.25) is 4.98 Å². The molecule has 2 heterocycles. The van der Waals surface area contributed by atoms with Crippen LogP contribution in [0.25, 0.3) is 52.8 Å². The number of pyridine rings is 1. The van der Waals surface area contributed by atoms with Gasteiger partial charge < -0.3 is 4.90 Å². The average Bonchev–Trinajstić information content (AvgIpc) is 3.40. The molecule has 0 atom stereocenters. The molecule has 40 heavy (non-hydrogen) atoms. The van der Waals surface area contributed by atoms with Crippen LogP contribution in [0.4, 0.5) is 17.1 Å². The summed E-state index contributed by atoms with van der Waals surface area (Å²) in [4.78, 5) is 6.70. The molecule has 8 rings (SSSR count). The van der Waals surface area contributed by atoms with Crippen molar-refractivity contribution in [3.8, 4) is 11.1 Å². The highest BCUT2D eigenvalue weighted by molar-refractivity contribution is 7.26. The minimum Gasteiger partial charge on any atom is -0.310 e. The minimum atomic E-state index is 1.13. The van der Waals surface area contributed by atoms with Crippen LogP contribution in [0.5, 0.6) is 0 Å². The summed E-state index contributed by atoms with van der Waals surface area (Å²) in [6.07, 6.45) is 3.85. The summed E-state index contributed by atoms with van der Waals surface area (Å²) in [5, 5.41) is 7.53. The standard InChI is InChI=1S/C37H24N2S/c1-2-8-30(9-3-1)39(31-15-12-26(13-16-31)28-11-10-25-6-4-5-7-27(25)22-28)32-17-19-35-34(23-32)37-33-20-21-38-24-29(33)14-18-36(37)40-35/h1-24H. The Morgan fingerprint density at radius 1 is 0.475 bits per heavy atom. The first-order valence-corrected chi connectivity index (χ1v) is 14.3. The summed E-state index contributed by atoms with van der Waals surface area (Å²) < 4.78 is 2.60. The van der Waals surface area contributed by atoms with E-state index in [2.05, 4.69) is 143 Å². The van der Waals surface area contributed by atoms with Crippen molar-refractivity contribution in [3.63, 3.8) is 0 Å². The number of fused-ring (bicyclic) bond motifs is 6. The van der Waals surface area contributed by atoms with Gasteiger partial charge in [0.15, 0.2) is 0 Å². The summed E-state index contributed by atoms with van der Waals surface area (Å²) in [5.74, 6) is 0. The molecular formula is C37H24N2S. The van der Waals surface area contributed by atoms with E-state index in [1.54, 1.807) is 0 Å². The fourth-order valence-electron chi connectivity index (χ4n) is 5.77. The van der Waals surface area contributed by atoms with Crippen LogP contribution in [0.1, 0.15) is 0 Å². The molecule has 0 amide bonds. The molecule has 0 spiro atoms. The van der Waals surface area contributed by atoms with Crippen LogP contribution in [-0.4, -0.2) is 4.98 Å². The number of aromatic nitrogens is 1. The van der Waals surface area contributed by atoms with Gasteiger partial charge in [0, 0.05) is 55.0 Å². The first-order chi connectivity index (χ1) is 19.8. The molecule has 0 unspecified atom stereocenters. The molecular weight excluding hydrogens is 504 g/mol. The van der Waals surface area contributed by atoms with Gasteiger partial charge in [-0.15, -0.1) is 11.3 Å². The quantitative estimate of drug-likeness (QED) is 0.226. The lowest BCUT2D eigenvalue weighted by molar-refractivity contribution is 1.29. The van der Waals surface area contributed by atoms with Crippen LogP contribution in [0.2, 0.25) is 0 Å². The van der Waals surface area contributed by atoms with Gasteiger partial charge in [0.25, 0.3) is 0 Å². The van der Waals surface area contributed by atoms with E-state index in [1.165, 1.54) is 52.8 Å². The van der Waals surface area contributed by atoms with Crippen molar-refractivity contribution in [2.45, 2.75) is 0 Å². The number of nitrogens with zero attached hydrogens (tertiary/aromatic N) is 2. The molecule has 0 aliphatic rings. The minimum absolute atomic E-state index is 1.13. The monoisotopic (exact) mass is 528 g/mol. The number of anilines is 3. The molecule has 0 bridgehead atoms. The van der Waals surface area contributed by atoms with E-state index in [1.807, 2.05) is 23.7 Å². The Morgan fingerprint density at radius 3 is 2.05 bits per heavy atom. The van der Waals surface area contributed by atoms with Crippen LogP contribution < -0.4 is 4.90 Å². The van der Waals surface area contributed by atoms with Gasteiger partial charge in [-0.25, -0.2) is 0 Å². The van der Waals surface area contributed by atoms with Gasteiger partial charge in [0.1, 0.15) is 0 Å². The number of hydrogen-bond acceptors (Lipinski definition) is 3. The lowest BCUT2D eigenvalue weighted by Crippen LogP contribution is -2.09. The van der Waals surface area contributed by atoms with Gasteiger partial charge >= 0.3 is 0 Å². The Bertz CT molecular complexity index is 2160. The Morgan fingerprint density at radius 2 is 1.18 bits per heavy atom. The van der Waals surface area contributed by atoms with Gasteiger partial charge in [-0.2, -0.15) is 0 Å². The van der Waals surface area contributed by atoms with E-state index in [0.717, 1.165) is 17.1 Å². The average molecular weight is 529 g/mol. The fraction of sp³-hybridized carbons (Fsp3) is 0. The maximum atomic E-state index is 4.35. The SMILES string of the molecule is c1ccc(N(c2ccc(-c3ccc4ccccc4c3)cc2)c2ccc3sc4ccc5cnccc5c4c3c2)cc1. The Balaban J connectivity index is 1.27. The topological polar surface area (TPSA) is 16.1 Å². The van der Waals surface area contributed by atoms with Crippen LogP contribution in [0.3, 0.4) is 0 Å². The predicted molar refractivity (Wildman–Crippen MR) is 172 cm³/mol. The maximum Gasteiger partial charge on any atom is 0.0468 e. The Kier molecular flexibility index (Phi) is 5.35. The summed E-state index contributed by atoms with van der Waals surface area (Å²) >= 11 is 1.85. The number of benzene rings is 6. The zero-order valence-corrected chi connectivity index (χ0v) is 22.5. The van der Waals surface area contributed by atoms with Gasteiger partial charge in [-0.05, 0) is 87.9 Å². The third kappa shape index (κ3) is 3.83. The van der Waals surface area contributed by atoms with Gasteiger partial charge in [-0.1, -0.05) is 72.8 Å². The summed E-state index contributed by atoms with van der Waals surface area (Å²) in [7, 11) is 0. The first kappa shape index (κ1) is 22.9. The summed E-state index contributed by atoms with van der Waals surface area (Å²) in [5.41, 5.74) is 5.84. The van der Waals surface area contributed by atoms with Crippen molar-refractivity contribution in [1.82, 2.24) is 4.98 Å². The first-order valence-electron chi connectivity index (χ1n) is 13.5. The van der Waals surface area contributed by atoms with Crippen LogP contribution in [-0.2, 0) is 0 Å². The van der Waals surface area contributed by atoms with Crippen molar-refractivity contribution in [2.24, 2.45) is 0 Å². The lowest BCUT2D eigenvalue weighted by atomic mass is 10.0. The fourth-order valence-corrected chi connectivity index (χ4v) is 6.87. The molecule has 0 N–H and O–H groups in total. The molecule has 0 aliphatic heterocycles. The smallest absolute Gasteiger partial charge is 0.0468 e. The molecule has 0 radical (unpaired) electrons. The Hall–Kier alpha value is -4.99. The highest BCUT2D eigenvalue weighted by Gasteiger charge is 2.16. The van der Waals surface area contributed by atoms with Crippen LogP contribution in [0.15, 0.2) is 146 Å². The van der Waals surface area contributed by atoms with E-state index in [9.17, 15) is 0 Å². The zero-order chi connectivity index (χ0) is 26.5. The van der Waals surface area contributed by atoms with E-state index in [4.69, 9.17) is 0 Å². The number of rotatable bonds is 4. The second-order valence-electron chi connectivity index (χ2n) is 10.1. The van der Waals surface area contributed by atoms with Crippen molar-refractivity contribution in [1.29, 1.82) is 0 Å². The van der Waals surface area contributed by atoms with Gasteiger partial charge in [0.05, 0.1) is 0 Å². The Labute approximate surface area is 236 Å². The maximum absolute atomic E-state index is 4.35.